The van der Waals surface area contributed by atoms with Crippen LogP contribution in [0.5, 0.6) is 0 Å². The van der Waals surface area contributed by atoms with E-state index in [2.05, 4.69) is 10.3 Å². The molecule has 2 rings (SSSR count). The van der Waals surface area contributed by atoms with Crippen molar-refractivity contribution in [3.05, 3.63) is 29.0 Å². The van der Waals surface area contributed by atoms with Crippen molar-refractivity contribution in [2.24, 2.45) is 0 Å². The molecular formula is C9H11ClN2. The molecule has 1 fully saturated rings. The van der Waals surface area contributed by atoms with Crippen LogP contribution in [-0.4, -0.2) is 18.1 Å². The quantitative estimate of drug-likeness (QED) is 0.717. The van der Waals surface area contributed by atoms with Crippen molar-refractivity contribution < 1.29 is 0 Å². The third-order valence-corrected chi connectivity index (χ3v) is 2.62. The van der Waals surface area contributed by atoms with Gasteiger partial charge in [0.05, 0.1) is 5.02 Å². The highest BCUT2D eigenvalue weighted by Crippen LogP contribution is 2.27. The third-order valence-electron chi connectivity index (χ3n) is 2.30. The minimum absolute atomic E-state index is 0.584. The molecule has 1 saturated heterocycles. The van der Waals surface area contributed by atoms with E-state index in [0.29, 0.717) is 5.92 Å². The second-order valence-electron chi connectivity index (χ2n) is 3.09. The van der Waals surface area contributed by atoms with Gasteiger partial charge in [-0.3, -0.25) is 4.98 Å². The summed E-state index contributed by atoms with van der Waals surface area (Å²) in [6.07, 6.45) is 4.71. The van der Waals surface area contributed by atoms with Gasteiger partial charge in [0.25, 0.3) is 0 Å². The fourth-order valence-electron chi connectivity index (χ4n) is 1.64. The van der Waals surface area contributed by atoms with Crippen molar-refractivity contribution in [3.8, 4) is 0 Å². The van der Waals surface area contributed by atoms with Crippen LogP contribution >= 0.6 is 11.6 Å². The molecule has 0 spiro atoms. The fraction of sp³-hybridized carbons (Fsp3) is 0.444. The van der Waals surface area contributed by atoms with Gasteiger partial charge in [0, 0.05) is 18.9 Å². The smallest absolute Gasteiger partial charge is 0.0624 e. The lowest BCUT2D eigenvalue weighted by Crippen LogP contribution is -2.08. The molecule has 1 aliphatic heterocycles. The number of halogens is 1. The molecule has 1 unspecified atom stereocenters. The van der Waals surface area contributed by atoms with Crippen LogP contribution in [0.15, 0.2) is 18.5 Å². The lowest BCUT2D eigenvalue weighted by Gasteiger charge is -2.09. The van der Waals surface area contributed by atoms with Gasteiger partial charge in [0.2, 0.25) is 0 Å². The summed E-state index contributed by atoms with van der Waals surface area (Å²) in [6, 6.07) is 2.01. The van der Waals surface area contributed by atoms with Crippen LogP contribution in [0.3, 0.4) is 0 Å². The summed E-state index contributed by atoms with van der Waals surface area (Å²) in [5, 5.41) is 4.12. The van der Waals surface area contributed by atoms with Gasteiger partial charge in [0.15, 0.2) is 0 Å². The van der Waals surface area contributed by atoms with E-state index in [-0.39, 0.29) is 0 Å². The number of pyridine rings is 1. The Bertz CT molecular complexity index is 269. The summed E-state index contributed by atoms with van der Waals surface area (Å²) in [5.74, 6) is 0.584. The number of hydrogen-bond donors (Lipinski definition) is 1. The van der Waals surface area contributed by atoms with E-state index in [1.54, 1.807) is 12.4 Å². The van der Waals surface area contributed by atoms with Gasteiger partial charge < -0.3 is 5.32 Å². The average molecular weight is 183 g/mol. The summed E-state index contributed by atoms with van der Waals surface area (Å²) >= 11 is 6.01. The lowest BCUT2D eigenvalue weighted by molar-refractivity contribution is 0.762. The maximum Gasteiger partial charge on any atom is 0.0624 e. The normalized spacial score (nSPS) is 22.9. The summed E-state index contributed by atoms with van der Waals surface area (Å²) in [4.78, 5) is 3.96. The van der Waals surface area contributed by atoms with Crippen molar-refractivity contribution in [2.45, 2.75) is 12.3 Å². The van der Waals surface area contributed by atoms with E-state index >= 15 is 0 Å². The molecule has 64 valence electrons. The Morgan fingerprint density at radius 2 is 2.50 bits per heavy atom. The largest absolute Gasteiger partial charge is 0.316 e. The molecule has 0 aromatic carbocycles. The second kappa shape index (κ2) is 3.42. The average Bonchev–Trinajstić information content (AvgIpc) is 2.57. The molecule has 1 atom stereocenters. The number of nitrogens with zero attached hydrogens (tertiary/aromatic N) is 1. The van der Waals surface area contributed by atoms with Gasteiger partial charge in [-0.1, -0.05) is 11.6 Å². The van der Waals surface area contributed by atoms with Crippen LogP contribution in [-0.2, 0) is 0 Å². The molecule has 0 amide bonds. The first-order chi connectivity index (χ1) is 5.88. The van der Waals surface area contributed by atoms with Crippen LogP contribution in [0.4, 0.5) is 0 Å². The summed E-state index contributed by atoms with van der Waals surface area (Å²) in [6.45, 7) is 2.15. The third kappa shape index (κ3) is 1.45. The van der Waals surface area contributed by atoms with E-state index in [1.807, 2.05) is 6.07 Å². The van der Waals surface area contributed by atoms with Crippen LogP contribution < -0.4 is 5.32 Å². The summed E-state index contributed by atoms with van der Waals surface area (Å²) in [7, 11) is 0. The Morgan fingerprint density at radius 1 is 1.58 bits per heavy atom. The fourth-order valence-corrected chi connectivity index (χ4v) is 1.91. The Balaban J connectivity index is 2.26. The Hall–Kier alpha value is -0.600. The maximum atomic E-state index is 6.01. The van der Waals surface area contributed by atoms with Crippen molar-refractivity contribution >= 4 is 11.6 Å². The Morgan fingerprint density at radius 3 is 3.17 bits per heavy atom. The molecule has 1 aromatic rings. The van der Waals surface area contributed by atoms with Crippen LogP contribution in [0, 0.1) is 0 Å². The predicted molar refractivity (Wildman–Crippen MR) is 49.5 cm³/mol. The summed E-state index contributed by atoms with van der Waals surface area (Å²) < 4.78 is 0. The number of aromatic nitrogens is 1. The molecule has 0 radical (unpaired) electrons. The first kappa shape index (κ1) is 8.02. The standard InChI is InChI=1S/C9H11ClN2/c10-9-6-12-4-2-8(9)7-1-3-11-5-7/h2,4,6-7,11H,1,3,5H2. The van der Waals surface area contributed by atoms with Crippen LogP contribution in [0.25, 0.3) is 0 Å². The molecule has 2 heterocycles. The first-order valence-electron chi connectivity index (χ1n) is 4.18. The molecule has 1 aliphatic rings. The minimum atomic E-state index is 0.584. The molecule has 1 aromatic heterocycles. The van der Waals surface area contributed by atoms with Gasteiger partial charge in [-0.15, -0.1) is 0 Å². The second-order valence-corrected chi connectivity index (χ2v) is 3.49. The molecule has 0 saturated carbocycles. The van der Waals surface area contributed by atoms with Crippen LogP contribution in [0.1, 0.15) is 17.9 Å². The van der Waals surface area contributed by atoms with E-state index in [0.717, 1.165) is 18.1 Å². The van der Waals surface area contributed by atoms with E-state index in [1.165, 1.54) is 12.0 Å². The Labute approximate surface area is 77.0 Å². The lowest BCUT2D eigenvalue weighted by atomic mass is 10.00. The molecule has 0 aliphatic carbocycles. The van der Waals surface area contributed by atoms with Crippen molar-refractivity contribution in [1.29, 1.82) is 0 Å². The topological polar surface area (TPSA) is 24.9 Å². The first-order valence-corrected chi connectivity index (χ1v) is 4.56. The zero-order chi connectivity index (χ0) is 8.39. The number of hydrogen-bond acceptors (Lipinski definition) is 2. The number of rotatable bonds is 1. The van der Waals surface area contributed by atoms with E-state index < -0.39 is 0 Å². The van der Waals surface area contributed by atoms with Crippen LogP contribution in [0.2, 0.25) is 5.02 Å². The summed E-state index contributed by atoms with van der Waals surface area (Å²) in [5.41, 5.74) is 1.23. The highest BCUT2D eigenvalue weighted by molar-refractivity contribution is 6.31. The molecule has 1 N–H and O–H groups in total. The molecule has 2 nitrogen and oxygen atoms in total. The van der Waals surface area contributed by atoms with Crippen molar-refractivity contribution in [2.75, 3.05) is 13.1 Å². The van der Waals surface area contributed by atoms with Gasteiger partial charge in [-0.2, -0.15) is 0 Å². The van der Waals surface area contributed by atoms with E-state index in [9.17, 15) is 0 Å². The van der Waals surface area contributed by atoms with Gasteiger partial charge >= 0.3 is 0 Å². The highest BCUT2D eigenvalue weighted by Gasteiger charge is 2.18. The Kier molecular flexibility index (Phi) is 2.28. The molecule has 12 heavy (non-hydrogen) atoms. The van der Waals surface area contributed by atoms with Gasteiger partial charge in [-0.25, -0.2) is 0 Å². The van der Waals surface area contributed by atoms with E-state index in [4.69, 9.17) is 11.6 Å². The monoisotopic (exact) mass is 182 g/mol. The molecular weight excluding hydrogens is 172 g/mol. The van der Waals surface area contributed by atoms with Gasteiger partial charge in [0.1, 0.15) is 0 Å². The predicted octanol–water partition coefficient (Wildman–Crippen LogP) is 1.81. The van der Waals surface area contributed by atoms with Crippen molar-refractivity contribution in [3.63, 3.8) is 0 Å². The maximum absolute atomic E-state index is 6.01. The zero-order valence-electron chi connectivity index (χ0n) is 6.76. The zero-order valence-corrected chi connectivity index (χ0v) is 7.51. The SMILES string of the molecule is Clc1cnccc1C1CCNC1. The highest BCUT2D eigenvalue weighted by atomic mass is 35.5. The minimum Gasteiger partial charge on any atom is -0.316 e. The van der Waals surface area contributed by atoms with Gasteiger partial charge in [-0.05, 0) is 30.5 Å². The number of nitrogens with one attached hydrogen (secondary N) is 1. The molecule has 3 heteroatoms. The van der Waals surface area contributed by atoms with Crippen molar-refractivity contribution in [1.82, 2.24) is 10.3 Å². The molecule has 0 bridgehead atoms.